The second kappa shape index (κ2) is 6.07. The minimum atomic E-state index is -0.313. The van der Waals surface area contributed by atoms with Crippen LogP contribution in [-0.2, 0) is 0 Å². The van der Waals surface area contributed by atoms with E-state index in [2.05, 4.69) is 9.89 Å². The summed E-state index contributed by atoms with van der Waals surface area (Å²) in [4.78, 5) is 6.17. The Morgan fingerprint density at radius 1 is 1.46 bits per heavy atom. The summed E-state index contributed by atoms with van der Waals surface area (Å²) in [6.07, 6.45) is 0.475. The Bertz CT molecular complexity index is 169. The maximum Gasteiger partial charge on any atom is 0.191 e. The summed E-state index contributed by atoms with van der Waals surface area (Å²) in [6.45, 7) is 2.13. The van der Waals surface area contributed by atoms with E-state index in [0.717, 1.165) is 24.6 Å². The van der Waals surface area contributed by atoms with Crippen LogP contribution >= 0.6 is 11.8 Å². The molecule has 0 unspecified atom stereocenters. The number of hydrogen-bond donors (Lipinski definition) is 1. The summed E-state index contributed by atoms with van der Waals surface area (Å²) < 4.78 is 11.8. The quantitative estimate of drug-likeness (QED) is 0.419. The molecule has 1 rings (SSSR count). The van der Waals surface area contributed by atoms with E-state index < -0.39 is 0 Å². The zero-order chi connectivity index (χ0) is 9.52. The molecule has 1 aliphatic rings. The molecule has 0 radical (unpaired) electrons. The molecule has 0 bridgehead atoms. The minimum Gasteiger partial charge on any atom is -0.370 e. The number of thioether (sulfide) groups is 1. The Morgan fingerprint density at radius 2 is 2.15 bits per heavy atom. The molecule has 1 heterocycles. The van der Waals surface area contributed by atoms with E-state index in [1.807, 2.05) is 11.8 Å². The number of guanidine groups is 1. The molecule has 0 aliphatic carbocycles. The van der Waals surface area contributed by atoms with Crippen LogP contribution in [0.5, 0.6) is 0 Å². The van der Waals surface area contributed by atoms with Gasteiger partial charge in [0, 0.05) is 31.1 Å². The predicted octanol–water partition coefficient (Wildman–Crippen LogP) is 0.710. The molecule has 76 valence electrons. The fourth-order valence-electron chi connectivity index (χ4n) is 1.15. The molecule has 1 aliphatic heterocycles. The number of rotatable bonds is 3. The summed E-state index contributed by atoms with van der Waals surface area (Å²) >= 11 is 1.93. The average Bonchev–Trinajstić information content (AvgIpc) is 2.19. The van der Waals surface area contributed by atoms with Gasteiger partial charge in [0.2, 0.25) is 0 Å². The lowest BCUT2D eigenvalue weighted by Crippen LogP contribution is -2.42. The lowest BCUT2D eigenvalue weighted by atomic mass is 10.5. The lowest BCUT2D eigenvalue weighted by molar-refractivity contribution is 0.450. The normalized spacial score (nSPS) is 19.2. The molecule has 0 spiro atoms. The number of halogens is 1. The van der Waals surface area contributed by atoms with Gasteiger partial charge in [0.25, 0.3) is 0 Å². The molecule has 0 atom stereocenters. The number of hydrogen-bond acceptors (Lipinski definition) is 2. The van der Waals surface area contributed by atoms with Crippen LogP contribution in [0.15, 0.2) is 4.99 Å². The zero-order valence-electron chi connectivity index (χ0n) is 7.71. The third-order valence-corrected chi connectivity index (χ3v) is 2.84. The Kier molecular flexibility index (Phi) is 4.97. The van der Waals surface area contributed by atoms with E-state index in [-0.39, 0.29) is 6.67 Å². The zero-order valence-corrected chi connectivity index (χ0v) is 8.52. The summed E-state index contributed by atoms with van der Waals surface area (Å²) in [6, 6.07) is 0. The van der Waals surface area contributed by atoms with Crippen LogP contribution in [-0.4, -0.2) is 48.7 Å². The summed E-state index contributed by atoms with van der Waals surface area (Å²) in [7, 11) is 0. The number of alkyl halides is 1. The first-order valence-corrected chi connectivity index (χ1v) is 5.68. The molecule has 0 aromatic heterocycles. The van der Waals surface area contributed by atoms with Crippen molar-refractivity contribution in [2.75, 3.05) is 37.8 Å². The van der Waals surface area contributed by atoms with Gasteiger partial charge in [-0.15, -0.1) is 0 Å². The smallest absolute Gasteiger partial charge is 0.191 e. The Morgan fingerprint density at radius 3 is 2.77 bits per heavy atom. The highest BCUT2D eigenvalue weighted by molar-refractivity contribution is 7.99. The topological polar surface area (TPSA) is 41.6 Å². The fourth-order valence-corrected chi connectivity index (χ4v) is 2.05. The highest BCUT2D eigenvalue weighted by Gasteiger charge is 2.11. The molecule has 0 saturated carbocycles. The maximum absolute atomic E-state index is 11.8. The monoisotopic (exact) mass is 205 g/mol. The molecule has 13 heavy (non-hydrogen) atoms. The molecule has 1 fully saturated rings. The number of nitrogens with zero attached hydrogens (tertiary/aromatic N) is 2. The van der Waals surface area contributed by atoms with Crippen LogP contribution in [0.4, 0.5) is 4.39 Å². The van der Waals surface area contributed by atoms with Crippen molar-refractivity contribution in [2.45, 2.75) is 6.42 Å². The van der Waals surface area contributed by atoms with Crippen molar-refractivity contribution in [1.82, 2.24) is 4.90 Å². The third-order valence-electron chi connectivity index (χ3n) is 1.90. The van der Waals surface area contributed by atoms with Crippen molar-refractivity contribution in [2.24, 2.45) is 10.7 Å². The Balaban J connectivity index is 2.27. The molecule has 1 saturated heterocycles. The van der Waals surface area contributed by atoms with E-state index in [4.69, 9.17) is 5.73 Å². The van der Waals surface area contributed by atoms with Gasteiger partial charge in [-0.2, -0.15) is 11.8 Å². The molecular formula is C8H16FN3S. The van der Waals surface area contributed by atoms with Crippen molar-refractivity contribution in [3.8, 4) is 0 Å². The third kappa shape index (κ3) is 3.85. The van der Waals surface area contributed by atoms with E-state index in [9.17, 15) is 4.39 Å². The molecule has 2 N–H and O–H groups in total. The fraction of sp³-hybridized carbons (Fsp3) is 0.875. The standard InChI is InChI=1S/C8H16FN3S/c9-2-1-3-11-8(10)12-4-6-13-7-5-12/h1-7H2,(H2,10,11). The van der Waals surface area contributed by atoms with Gasteiger partial charge in [-0.1, -0.05) is 0 Å². The first-order chi connectivity index (χ1) is 6.34. The van der Waals surface area contributed by atoms with Gasteiger partial charge in [-0.05, 0) is 6.42 Å². The van der Waals surface area contributed by atoms with Crippen molar-refractivity contribution in [3.63, 3.8) is 0 Å². The summed E-state index contributed by atoms with van der Waals surface area (Å²) in [5.41, 5.74) is 5.73. The van der Waals surface area contributed by atoms with E-state index in [1.165, 1.54) is 0 Å². The second-order valence-corrected chi connectivity index (χ2v) is 4.11. The van der Waals surface area contributed by atoms with Crippen LogP contribution in [0, 0.1) is 0 Å². The van der Waals surface area contributed by atoms with E-state index >= 15 is 0 Å². The number of aliphatic imine (C=N–C) groups is 1. The van der Waals surface area contributed by atoms with Crippen molar-refractivity contribution < 1.29 is 4.39 Å². The maximum atomic E-state index is 11.8. The van der Waals surface area contributed by atoms with Gasteiger partial charge in [-0.25, -0.2) is 0 Å². The largest absolute Gasteiger partial charge is 0.370 e. The Hall–Kier alpha value is -0.450. The van der Waals surface area contributed by atoms with Crippen molar-refractivity contribution in [1.29, 1.82) is 0 Å². The van der Waals surface area contributed by atoms with Crippen LogP contribution in [0.2, 0.25) is 0 Å². The van der Waals surface area contributed by atoms with Crippen LogP contribution in [0.3, 0.4) is 0 Å². The first kappa shape index (κ1) is 10.6. The second-order valence-electron chi connectivity index (χ2n) is 2.88. The lowest BCUT2D eigenvalue weighted by Gasteiger charge is -2.27. The van der Waals surface area contributed by atoms with Crippen LogP contribution in [0.25, 0.3) is 0 Å². The molecule has 3 nitrogen and oxygen atoms in total. The van der Waals surface area contributed by atoms with Gasteiger partial charge in [0.05, 0.1) is 6.67 Å². The molecule has 0 aromatic carbocycles. The Labute approximate surface area is 82.6 Å². The van der Waals surface area contributed by atoms with Crippen molar-refractivity contribution >= 4 is 17.7 Å². The van der Waals surface area contributed by atoms with E-state index in [0.29, 0.717) is 18.9 Å². The van der Waals surface area contributed by atoms with Crippen molar-refractivity contribution in [3.05, 3.63) is 0 Å². The highest BCUT2D eigenvalue weighted by Crippen LogP contribution is 2.08. The van der Waals surface area contributed by atoms with Gasteiger partial charge in [0.15, 0.2) is 5.96 Å². The van der Waals surface area contributed by atoms with Gasteiger partial charge in [0.1, 0.15) is 0 Å². The molecule has 0 amide bonds. The number of nitrogens with two attached hydrogens (primary N) is 1. The first-order valence-electron chi connectivity index (χ1n) is 4.53. The molecule has 5 heteroatoms. The predicted molar refractivity (Wildman–Crippen MR) is 56.0 cm³/mol. The molecular weight excluding hydrogens is 189 g/mol. The van der Waals surface area contributed by atoms with Gasteiger partial charge in [-0.3, -0.25) is 9.38 Å². The van der Waals surface area contributed by atoms with E-state index in [1.54, 1.807) is 0 Å². The minimum absolute atomic E-state index is 0.313. The van der Waals surface area contributed by atoms with Gasteiger partial charge >= 0.3 is 0 Å². The van der Waals surface area contributed by atoms with Gasteiger partial charge < -0.3 is 10.6 Å². The molecule has 0 aromatic rings. The highest BCUT2D eigenvalue weighted by atomic mass is 32.2. The van der Waals surface area contributed by atoms with Crippen LogP contribution in [0.1, 0.15) is 6.42 Å². The summed E-state index contributed by atoms with van der Waals surface area (Å²) in [5, 5.41) is 0. The average molecular weight is 205 g/mol. The SMILES string of the molecule is NC(=NCCCF)N1CCSCC1. The summed E-state index contributed by atoms with van der Waals surface area (Å²) in [5.74, 6) is 2.80. The van der Waals surface area contributed by atoms with Crippen LogP contribution < -0.4 is 5.73 Å².